The molecule has 0 bridgehead atoms. The van der Waals surface area contributed by atoms with Crippen molar-refractivity contribution in [3.63, 3.8) is 0 Å². The lowest BCUT2D eigenvalue weighted by atomic mass is 10.3. The second-order valence-corrected chi connectivity index (χ2v) is 2.78. The first-order chi connectivity index (χ1) is 5.84. The minimum absolute atomic E-state index is 0.531. The molecule has 0 fully saturated rings. The monoisotopic (exact) mass is 162 g/mol. The quantitative estimate of drug-likeness (QED) is 0.509. The van der Waals surface area contributed by atoms with E-state index in [1.165, 1.54) is 0 Å². The van der Waals surface area contributed by atoms with Crippen molar-refractivity contribution >= 4 is 22.3 Å². The average Bonchev–Trinajstić information content (AvgIpc) is 2.59. The van der Waals surface area contributed by atoms with Gasteiger partial charge in [-0.2, -0.15) is 0 Å². The van der Waals surface area contributed by atoms with Gasteiger partial charge in [0.15, 0.2) is 0 Å². The van der Waals surface area contributed by atoms with E-state index in [1.54, 1.807) is 6.26 Å². The molecule has 3 rings (SSSR count). The zero-order valence-corrected chi connectivity index (χ0v) is 6.46. The van der Waals surface area contributed by atoms with E-state index < -0.39 is 0 Å². The Morgan fingerprint density at radius 2 is 2.00 bits per heavy atom. The van der Waals surface area contributed by atoms with Gasteiger partial charge in [0.1, 0.15) is 5.76 Å². The molecule has 0 N–H and O–H groups in total. The summed E-state index contributed by atoms with van der Waals surface area (Å²) in [5, 5.41) is 1.96. The van der Waals surface area contributed by atoms with Crippen LogP contribution in [0.1, 0.15) is 5.76 Å². The van der Waals surface area contributed by atoms with Crippen molar-refractivity contribution in [2.75, 3.05) is 0 Å². The molecule has 3 heterocycles. The standard InChI is InChI=1S/C9H6O3/c1-5-4-7-6-2-3-10-8(6)12-9(7)11-5/h2-4H,1H3. The van der Waals surface area contributed by atoms with Gasteiger partial charge in [0, 0.05) is 0 Å². The average molecular weight is 162 g/mol. The van der Waals surface area contributed by atoms with Crippen LogP contribution in [0.5, 0.6) is 0 Å². The van der Waals surface area contributed by atoms with Gasteiger partial charge in [0.25, 0.3) is 0 Å². The van der Waals surface area contributed by atoms with Crippen molar-refractivity contribution in [2.24, 2.45) is 0 Å². The first-order valence-corrected chi connectivity index (χ1v) is 3.71. The maximum Gasteiger partial charge on any atom is 0.300 e. The summed E-state index contributed by atoms with van der Waals surface area (Å²) in [5.41, 5.74) is 0. The lowest BCUT2D eigenvalue weighted by Crippen LogP contribution is -1.54. The second-order valence-electron chi connectivity index (χ2n) is 2.78. The molecule has 3 aromatic heterocycles. The Bertz CT molecular complexity index is 538. The van der Waals surface area contributed by atoms with Gasteiger partial charge in [-0.1, -0.05) is 0 Å². The van der Waals surface area contributed by atoms with Crippen LogP contribution in [0, 0.1) is 6.92 Å². The van der Waals surface area contributed by atoms with Crippen molar-refractivity contribution in [1.29, 1.82) is 0 Å². The summed E-state index contributed by atoms with van der Waals surface area (Å²) in [4.78, 5) is 0. The molecule has 0 aliphatic heterocycles. The van der Waals surface area contributed by atoms with E-state index in [-0.39, 0.29) is 0 Å². The summed E-state index contributed by atoms with van der Waals surface area (Å²) < 4.78 is 15.6. The van der Waals surface area contributed by atoms with Crippen LogP contribution in [-0.2, 0) is 0 Å². The number of furan rings is 3. The van der Waals surface area contributed by atoms with Crippen molar-refractivity contribution < 1.29 is 13.3 Å². The molecule has 0 saturated carbocycles. The fraction of sp³-hybridized carbons (Fsp3) is 0.111. The molecule has 12 heavy (non-hydrogen) atoms. The minimum Gasteiger partial charge on any atom is -0.433 e. The summed E-state index contributed by atoms with van der Waals surface area (Å²) >= 11 is 0. The van der Waals surface area contributed by atoms with Crippen molar-refractivity contribution in [1.82, 2.24) is 0 Å². The minimum atomic E-state index is 0.531. The number of aryl methyl sites for hydroxylation is 1. The van der Waals surface area contributed by atoms with E-state index in [4.69, 9.17) is 13.3 Å². The Morgan fingerprint density at radius 3 is 2.92 bits per heavy atom. The van der Waals surface area contributed by atoms with E-state index in [1.807, 2.05) is 19.1 Å². The molecule has 0 radical (unpaired) electrons. The van der Waals surface area contributed by atoms with Gasteiger partial charge in [0.05, 0.1) is 17.0 Å². The van der Waals surface area contributed by atoms with Gasteiger partial charge in [-0.25, -0.2) is 0 Å². The highest BCUT2D eigenvalue weighted by molar-refractivity contribution is 6.01. The Morgan fingerprint density at radius 1 is 1.08 bits per heavy atom. The SMILES string of the molecule is Cc1cc2c(o1)oc1occc12. The van der Waals surface area contributed by atoms with Crippen LogP contribution in [0.4, 0.5) is 0 Å². The summed E-state index contributed by atoms with van der Waals surface area (Å²) in [6.07, 6.45) is 1.61. The third-order valence-electron chi connectivity index (χ3n) is 1.93. The van der Waals surface area contributed by atoms with E-state index in [2.05, 4.69) is 0 Å². The smallest absolute Gasteiger partial charge is 0.300 e. The molecule has 0 atom stereocenters. The fourth-order valence-corrected chi connectivity index (χ4v) is 1.41. The van der Waals surface area contributed by atoms with Crippen LogP contribution < -0.4 is 0 Å². The molecule has 0 unspecified atom stereocenters. The molecular weight excluding hydrogens is 156 g/mol. The van der Waals surface area contributed by atoms with Crippen LogP contribution in [-0.4, -0.2) is 0 Å². The summed E-state index contributed by atoms with van der Waals surface area (Å²) in [7, 11) is 0. The van der Waals surface area contributed by atoms with E-state index >= 15 is 0 Å². The maximum absolute atomic E-state index is 5.28. The third kappa shape index (κ3) is 0.563. The van der Waals surface area contributed by atoms with Crippen molar-refractivity contribution in [2.45, 2.75) is 6.92 Å². The number of rotatable bonds is 0. The lowest BCUT2D eigenvalue weighted by molar-refractivity contribution is 0.435. The molecule has 0 aliphatic rings. The van der Waals surface area contributed by atoms with Crippen LogP contribution >= 0.6 is 0 Å². The second kappa shape index (κ2) is 1.75. The molecule has 60 valence electrons. The molecule has 3 aromatic rings. The highest BCUT2D eigenvalue weighted by Crippen LogP contribution is 2.31. The first kappa shape index (κ1) is 5.94. The molecule has 3 heteroatoms. The Kier molecular flexibility index (Phi) is 0.864. The van der Waals surface area contributed by atoms with Gasteiger partial charge in [-0.05, 0) is 19.1 Å². The number of hydrogen-bond donors (Lipinski definition) is 0. The molecule has 0 amide bonds. The zero-order chi connectivity index (χ0) is 8.13. The Balaban J connectivity index is 2.64. The predicted molar refractivity (Wildman–Crippen MR) is 43.0 cm³/mol. The van der Waals surface area contributed by atoms with Gasteiger partial charge < -0.3 is 13.3 Å². The third-order valence-corrected chi connectivity index (χ3v) is 1.93. The predicted octanol–water partition coefficient (Wildman–Crippen LogP) is 3.08. The molecule has 0 saturated heterocycles. The van der Waals surface area contributed by atoms with E-state index in [0.717, 1.165) is 16.5 Å². The van der Waals surface area contributed by atoms with E-state index in [0.29, 0.717) is 11.6 Å². The molecule has 3 nitrogen and oxygen atoms in total. The molecule has 0 spiro atoms. The van der Waals surface area contributed by atoms with Gasteiger partial charge in [-0.3, -0.25) is 0 Å². The molecule has 0 aromatic carbocycles. The lowest BCUT2D eigenvalue weighted by Gasteiger charge is -1.76. The highest BCUT2D eigenvalue weighted by Gasteiger charge is 2.12. The van der Waals surface area contributed by atoms with Crippen LogP contribution in [0.2, 0.25) is 0 Å². The normalized spacial score (nSPS) is 11.8. The largest absolute Gasteiger partial charge is 0.433 e. The van der Waals surface area contributed by atoms with Crippen LogP contribution in [0.15, 0.2) is 31.6 Å². The van der Waals surface area contributed by atoms with E-state index in [9.17, 15) is 0 Å². The summed E-state index contributed by atoms with van der Waals surface area (Å²) in [5.74, 6) is 1.93. The fourth-order valence-electron chi connectivity index (χ4n) is 1.41. The number of hydrogen-bond acceptors (Lipinski definition) is 3. The van der Waals surface area contributed by atoms with Crippen LogP contribution in [0.3, 0.4) is 0 Å². The Labute approximate surface area is 67.5 Å². The molecule has 0 aliphatic carbocycles. The van der Waals surface area contributed by atoms with Gasteiger partial charge in [-0.15, -0.1) is 0 Å². The topological polar surface area (TPSA) is 39.4 Å². The number of fused-ring (bicyclic) bond motifs is 3. The summed E-state index contributed by atoms with van der Waals surface area (Å²) in [6.45, 7) is 1.89. The van der Waals surface area contributed by atoms with Crippen LogP contribution in [0.25, 0.3) is 22.3 Å². The first-order valence-electron chi connectivity index (χ1n) is 3.71. The van der Waals surface area contributed by atoms with Crippen molar-refractivity contribution in [3.05, 3.63) is 24.2 Å². The molecular formula is C9H6O3. The van der Waals surface area contributed by atoms with Crippen molar-refractivity contribution in [3.8, 4) is 0 Å². The maximum atomic E-state index is 5.28. The highest BCUT2D eigenvalue weighted by atomic mass is 16.5. The van der Waals surface area contributed by atoms with Gasteiger partial charge >= 0.3 is 11.6 Å². The summed E-state index contributed by atoms with van der Waals surface area (Å²) in [6, 6.07) is 3.81. The Hall–Kier alpha value is -1.64. The van der Waals surface area contributed by atoms with Gasteiger partial charge in [0.2, 0.25) is 0 Å². The zero-order valence-electron chi connectivity index (χ0n) is 6.46.